The van der Waals surface area contributed by atoms with E-state index in [2.05, 4.69) is 0 Å². The van der Waals surface area contributed by atoms with Crippen molar-refractivity contribution in [1.82, 2.24) is 0 Å². The van der Waals surface area contributed by atoms with Gasteiger partial charge in [-0.05, 0) is 19.3 Å². The number of carboxylic acid groups (broad SMARTS) is 2. The van der Waals surface area contributed by atoms with Crippen LogP contribution in [0.1, 0.15) is 19.3 Å². The lowest BCUT2D eigenvalue weighted by molar-refractivity contribution is -0.143. The minimum atomic E-state index is -1.22. The zero-order chi connectivity index (χ0) is 11.8. The molecule has 0 aromatic heterocycles. The van der Waals surface area contributed by atoms with Crippen LogP contribution in [0.3, 0.4) is 0 Å². The first kappa shape index (κ1) is 14.2. The third-order valence-electron chi connectivity index (χ3n) is 1.98. The fraction of sp³-hybridized carbons (Fsp3) is 0.750. The minimum Gasteiger partial charge on any atom is -0.481 e. The van der Waals surface area contributed by atoms with E-state index in [4.69, 9.17) is 15.9 Å². The third-order valence-corrected chi connectivity index (χ3v) is 2.42. The second-order valence-electron chi connectivity index (χ2n) is 3.17. The highest BCUT2D eigenvalue weighted by Crippen LogP contribution is 2.16. The maximum atomic E-state index is 11.7. The lowest BCUT2D eigenvalue weighted by Gasteiger charge is -2.13. The summed E-state index contributed by atoms with van der Waals surface area (Å²) in [5.41, 5.74) is 5.22. The van der Waals surface area contributed by atoms with Crippen LogP contribution in [0.2, 0.25) is 0 Å². The molecule has 0 aliphatic carbocycles. The molecule has 2 atom stereocenters. The number of carboxylic acids is 2. The second-order valence-corrected chi connectivity index (χ2v) is 3.80. The lowest BCUT2D eigenvalue weighted by atomic mass is 9.96. The van der Waals surface area contributed by atoms with Gasteiger partial charge in [0.15, 0.2) is 0 Å². The van der Waals surface area contributed by atoms with Crippen molar-refractivity contribution in [2.24, 2.45) is 11.7 Å². The summed E-state index contributed by atoms with van der Waals surface area (Å²) in [6.07, 6.45) is 0.513. The standard InChI is InChI=1S/C8H14FNO4S/c9-15-3-1-2-5(7(11)12)4-6(10)8(13)14/h5-6H,1-4,10H2,(H,11,12)(H,13,14). The third kappa shape index (κ3) is 6.29. The van der Waals surface area contributed by atoms with Gasteiger partial charge in [-0.1, -0.05) is 0 Å². The predicted octanol–water partition coefficient (Wildman–Crippen LogP) is 0.887. The van der Waals surface area contributed by atoms with Gasteiger partial charge in [0.25, 0.3) is 0 Å². The quantitative estimate of drug-likeness (QED) is 0.544. The molecule has 0 aliphatic rings. The first-order valence-corrected chi connectivity index (χ1v) is 5.32. The van der Waals surface area contributed by atoms with E-state index >= 15 is 0 Å². The average molecular weight is 239 g/mol. The van der Waals surface area contributed by atoms with Crippen molar-refractivity contribution in [2.45, 2.75) is 25.3 Å². The van der Waals surface area contributed by atoms with Gasteiger partial charge in [0, 0.05) is 17.9 Å². The van der Waals surface area contributed by atoms with Gasteiger partial charge in [-0.15, -0.1) is 0 Å². The van der Waals surface area contributed by atoms with E-state index in [-0.39, 0.29) is 30.7 Å². The molecule has 0 bridgehead atoms. The molecular formula is C8H14FNO4S. The Morgan fingerprint density at radius 1 is 1.33 bits per heavy atom. The van der Waals surface area contributed by atoms with Crippen molar-refractivity contribution in [3.8, 4) is 0 Å². The summed E-state index contributed by atoms with van der Waals surface area (Å²) in [6, 6.07) is -1.18. The van der Waals surface area contributed by atoms with E-state index in [0.29, 0.717) is 6.42 Å². The van der Waals surface area contributed by atoms with Gasteiger partial charge in [0.2, 0.25) is 0 Å². The van der Waals surface area contributed by atoms with Crippen LogP contribution >= 0.6 is 12.1 Å². The highest BCUT2D eigenvalue weighted by molar-refractivity contribution is 7.94. The summed E-state index contributed by atoms with van der Waals surface area (Å²) < 4.78 is 11.7. The van der Waals surface area contributed by atoms with Crippen molar-refractivity contribution < 1.29 is 23.7 Å². The Balaban J connectivity index is 4.04. The van der Waals surface area contributed by atoms with Crippen molar-refractivity contribution in [1.29, 1.82) is 0 Å². The van der Waals surface area contributed by atoms with Crippen LogP contribution in [-0.2, 0) is 9.59 Å². The fourth-order valence-electron chi connectivity index (χ4n) is 1.13. The summed E-state index contributed by atoms with van der Waals surface area (Å²) in [5, 5.41) is 17.3. The lowest BCUT2D eigenvalue weighted by Crippen LogP contribution is -2.34. The van der Waals surface area contributed by atoms with Crippen LogP contribution in [0, 0.1) is 5.92 Å². The average Bonchev–Trinajstić information content (AvgIpc) is 2.15. The summed E-state index contributed by atoms with van der Waals surface area (Å²) in [7, 11) is 0. The van der Waals surface area contributed by atoms with E-state index in [9.17, 15) is 13.5 Å². The van der Waals surface area contributed by atoms with Crippen LogP contribution in [0.4, 0.5) is 3.89 Å². The van der Waals surface area contributed by atoms with Gasteiger partial charge in [0.05, 0.1) is 5.92 Å². The van der Waals surface area contributed by atoms with Gasteiger partial charge in [0.1, 0.15) is 6.04 Å². The number of halogens is 1. The molecule has 0 fully saturated rings. The van der Waals surface area contributed by atoms with Crippen molar-refractivity contribution in [3.63, 3.8) is 0 Å². The summed E-state index contributed by atoms with van der Waals surface area (Å²) in [4.78, 5) is 21.1. The van der Waals surface area contributed by atoms with Gasteiger partial charge in [-0.2, -0.15) is 3.89 Å². The number of rotatable bonds is 8. The second kappa shape index (κ2) is 7.47. The van der Waals surface area contributed by atoms with Gasteiger partial charge >= 0.3 is 11.9 Å². The molecule has 4 N–H and O–H groups in total. The molecule has 5 nitrogen and oxygen atoms in total. The van der Waals surface area contributed by atoms with Crippen LogP contribution in [0.15, 0.2) is 0 Å². The zero-order valence-electron chi connectivity index (χ0n) is 8.06. The molecule has 88 valence electrons. The molecule has 0 aromatic carbocycles. The topological polar surface area (TPSA) is 101 Å². The minimum absolute atomic E-state index is 0.123. The van der Waals surface area contributed by atoms with Gasteiger partial charge in [-0.25, -0.2) is 0 Å². The largest absolute Gasteiger partial charge is 0.481 e. The number of carbonyl (C=O) groups is 2. The van der Waals surface area contributed by atoms with Crippen LogP contribution < -0.4 is 5.73 Å². The molecule has 0 heterocycles. The SMILES string of the molecule is NC(CC(CCCSF)C(=O)O)C(=O)O. The van der Waals surface area contributed by atoms with E-state index in [1.54, 1.807) is 0 Å². The first-order valence-electron chi connectivity index (χ1n) is 4.43. The molecule has 2 unspecified atom stereocenters. The molecule has 0 amide bonds. The van der Waals surface area contributed by atoms with Crippen molar-refractivity contribution >= 4 is 24.1 Å². The first-order chi connectivity index (χ1) is 6.99. The van der Waals surface area contributed by atoms with Gasteiger partial charge < -0.3 is 15.9 Å². The molecule has 0 saturated carbocycles. The van der Waals surface area contributed by atoms with Crippen LogP contribution in [-0.4, -0.2) is 33.9 Å². The number of hydrogen-bond acceptors (Lipinski definition) is 4. The summed E-state index contributed by atoms with van der Waals surface area (Å²) in [5.74, 6) is -2.91. The Labute approximate surface area is 91.1 Å². The predicted molar refractivity (Wildman–Crippen MR) is 54.2 cm³/mol. The summed E-state index contributed by atoms with van der Waals surface area (Å²) in [6.45, 7) is 0. The summed E-state index contributed by atoms with van der Waals surface area (Å²) >= 11 is 0.140. The molecule has 0 aromatic rings. The van der Waals surface area contributed by atoms with E-state index in [1.807, 2.05) is 0 Å². The Hall–Kier alpha value is -0.820. The fourth-order valence-corrected chi connectivity index (χ4v) is 1.41. The number of nitrogens with two attached hydrogens (primary N) is 1. The van der Waals surface area contributed by atoms with Crippen molar-refractivity contribution in [3.05, 3.63) is 0 Å². The highest BCUT2D eigenvalue weighted by Gasteiger charge is 2.23. The van der Waals surface area contributed by atoms with Crippen molar-refractivity contribution in [2.75, 3.05) is 5.75 Å². The molecule has 0 saturated heterocycles. The highest BCUT2D eigenvalue weighted by atomic mass is 32.2. The molecule has 0 aliphatic heterocycles. The van der Waals surface area contributed by atoms with Gasteiger partial charge in [-0.3, -0.25) is 9.59 Å². The molecule has 0 rings (SSSR count). The zero-order valence-corrected chi connectivity index (χ0v) is 8.87. The molecule has 7 heteroatoms. The Morgan fingerprint density at radius 2 is 1.93 bits per heavy atom. The number of hydrogen-bond donors (Lipinski definition) is 3. The normalized spacial score (nSPS) is 14.5. The molecule has 0 spiro atoms. The molecule has 0 radical (unpaired) electrons. The van der Waals surface area contributed by atoms with E-state index < -0.39 is 23.9 Å². The number of aliphatic carboxylic acids is 2. The maximum absolute atomic E-state index is 11.7. The Morgan fingerprint density at radius 3 is 2.33 bits per heavy atom. The Kier molecular flexibility index (Phi) is 7.06. The van der Waals surface area contributed by atoms with Crippen LogP contribution in [0.5, 0.6) is 0 Å². The maximum Gasteiger partial charge on any atom is 0.320 e. The molecular weight excluding hydrogens is 225 g/mol. The molecule has 15 heavy (non-hydrogen) atoms. The monoisotopic (exact) mass is 239 g/mol. The van der Waals surface area contributed by atoms with E-state index in [0.717, 1.165) is 0 Å². The van der Waals surface area contributed by atoms with Crippen LogP contribution in [0.25, 0.3) is 0 Å². The smallest absolute Gasteiger partial charge is 0.320 e. The van der Waals surface area contributed by atoms with E-state index in [1.165, 1.54) is 0 Å². The Bertz CT molecular complexity index is 227.